The molecule has 13 heavy (non-hydrogen) atoms. The molecule has 0 saturated heterocycles. The molecule has 1 rings (SSSR count). The normalized spacial score (nSPS) is 23.9. The number of Topliss-reactive ketones (excluding diaryl/α,β-unsaturated/α-hetero) is 1. The Kier molecular flexibility index (Phi) is 2.51. The van der Waals surface area contributed by atoms with E-state index in [1.165, 1.54) is 25.2 Å². The number of carbonyl (C=O) groups is 2. The maximum atomic E-state index is 11.2. The van der Waals surface area contributed by atoms with E-state index in [2.05, 4.69) is 0 Å². The van der Waals surface area contributed by atoms with Crippen LogP contribution >= 0.6 is 0 Å². The maximum absolute atomic E-state index is 11.2. The first-order valence-electron chi connectivity index (χ1n) is 3.88. The van der Waals surface area contributed by atoms with Crippen molar-refractivity contribution in [2.75, 3.05) is 0 Å². The summed E-state index contributed by atoms with van der Waals surface area (Å²) in [4.78, 5) is 21.8. The second kappa shape index (κ2) is 3.43. The number of ketones is 1. The Morgan fingerprint density at radius 2 is 2.23 bits per heavy atom. The summed E-state index contributed by atoms with van der Waals surface area (Å²) < 4.78 is 0. The van der Waals surface area contributed by atoms with Crippen LogP contribution in [-0.2, 0) is 9.59 Å². The third kappa shape index (κ3) is 1.77. The minimum atomic E-state index is -1.04. The Morgan fingerprint density at radius 3 is 2.77 bits per heavy atom. The van der Waals surface area contributed by atoms with E-state index in [1.807, 2.05) is 0 Å². The number of allylic oxidation sites excluding steroid dienone is 4. The van der Waals surface area contributed by atoms with Crippen LogP contribution in [0, 0.1) is 11.8 Å². The third-order valence-corrected chi connectivity index (χ3v) is 2.06. The van der Waals surface area contributed by atoms with Crippen LogP contribution in [0.2, 0.25) is 0 Å². The molecule has 0 aliphatic heterocycles. The molecule has 1 aliphatic rings. The van der Waals surface area contributed by atoms with Gasteiger partial charge in [0.25, 0.3) is 0 Å². The van der Waals surface area contributed by atoms with E-state index >= 15 is 0 Å². The number of carboxylic acids is 1. The molecule has 0 aromatic heterocycles. The van der Waals surface area contributed by atoms with Crippen molar-refractivity contribution in [3.05, 3.63) is 24.0 Å². The van der Waals surface area contributed by atoms with Crippen LogP contribution in [0.25, 0.3) is 0 Å². The van der Waals surface area contributed by atoms with Gasteiger partial charge < -0.3 is 10.2 Å². The van der Waals surface area contributed by atoms with Crippen molar-refractivity contribution >= 4 is 11.8 Å². The van der Waals surface area contributed by atoms with Crippen LogP contribution in [0.15, 0.2) is 24.0 Å². The smallest absolute Gasteiger partial charge is 0.307 e. The Labute approximate surface area is 75.2 Å². The van der Waals surface area contributed by atoms with Crippen LogP contribution < -0.4 is 0 Å². The van der Waals surface area contributed by atoms with E-state index in [0.29, 0.717) is 0 Å². The van der Waals surface area contributed by atoms with Gasteiger partial charge >= 0.3 is 5.97 Å². The summed E-state index contributed by atoms with van der Waals surface area (Å²) in [5.74, 6) is -3.50. The Morgan fingerprint density at radius 1 is 1.62 bits per heavy atom. The topological polar surface area (TPSA) is 74.6 Å². The fourth-order valence-electron chi connectivity index (χ4n) is 1.15. The monoisotopic (exact) mass is 182 g/mol. The molecule has 1 aliphatic carbocycles. The fraction of sp³-hybridized carbons (Fsp3) is 0.333. The zero-order valence-electron chi connectivity index (χ0n) is 7.10. The number of aliphatic hydroxyl groups is 1. The van der Waals surface area contributed by atoms with Crippen LogP contribution in [0.4, 0.5) is 0 Å². The van der Waals surface area contributed by atoms with Gasteiger partial charge in [-0.25, -0.2) is 0 Å². The van der Waals surface area contributed by atoms with Gasteiger partial charge in [-0.2, -0.15) is 0 Å². The molecule has 0 radical (unpaired) electrons. The molecular weight excluding hydrogens is 172 g/mol. The van der Waals surface area contributed by atoms with Crippen LogP contribution in [0.1, 0.15) is 6.92 Å². The van der Waals surface area contributed by atoms with E-state index in [9.17, 15) is 9.59 Å². The van der Waals surface area contributed by atoms with Crippen molar-refractivity contribution in [3.63, 3.8) is 0 Å². The Hall–Kier alpha value is -1.58. The third-order valence-electron chi connectivity index (χ3n) is 2.06. The quantitative estimate of drug-likeness (QED) is 0.665. The van der Waals surface area contributed by atoms with Crippen LogP contribution in [0.5, 0.6) is 0 Å². The van der Waals surface area contributed by atoms with E-state index in [1.54, 1.807) is 0 Å². The van der Waals surface area contributed by atoms with Gasteiger partial charge in [-0.1, -0.05) is 19.1 Å². The molecule has 2 atom stereocenters. The van der Waals surface area contributed by atoms with Crippen LogP contribution in [0.3, 0.4) is 0 Å². The SMILES string of the molecule is CC(C(=O)O)C1C=CC=C(O)C1=O. The first kappa shape index (κ1) is 9.51. The minimum Gasteiger partial charge on any atom is -0.504 e. The molecule has 0 amide bonds. The number of hydrogen-bond acceptors (Lipinski definition) is 3. The molecule has 4 nitrogen and oxygen atoms in total. The van der Waals surface area contributed by atoms with E-state index in [4.69, 9.17) is 10.2 Å². The highest BCUT2D eigenvalue weighted by molar-refractivity contribution is 5.99. The molecule has 0 aromatic rings. The summed E-state index contributed by atoms with van der Waals surface area (Å²) >= 11 is 0. The van der Waals surface area contributed by atoms with E-state index in [-0.39, 0.29) is 5.76 Å². The molecule has 0 saturated carbocycles. The van der Waals surface area contributed by atoms with Crippen molar-refractivity contribution in [2.45, 2.75) is 6.92 Å². The lowest BCUT2D eigenvalue weighted by Crippen LogP contribution is -2.28. The first-order chi connectivity index (χ1) is 6.04. The molecule has 0 spiro atoms. The van der Waals surface area contributed by atoms with Crippen molar-refractivity contribution in [1.29, 1.82) is 0 Å². The van der Waals surface area contributed by atoms with Crippen molar-refractivity contribution in [1.82, 2.24) is 0 Å². The largest absolute Gasteiger partial charge is 0.504 e. The number of aliphatic hydroxyl groups excluding tert-OH is 1. The second-order valence-corrected chi connectivity index (χ2v) is 2.95. The number of hydrogen-bond donors (Lipinski definition) is 2. The summed E-state index contributed by atoms with van der Waals surface area (Å²) in [6, 6.07) is 0. The highest BCUT2D eigenvalue weighted by Crippen LogP contribution is 2.21. The number of rotatable bonds is 2. The molecule has 70 valence electrons. The summed E-state index contributed by atoms with van der Waals surface area (Å²) in [6.45, 7) is 1.44. The predicted octanol–water partition coefficient (Wildman–Crippen LogP) is 0.904. The van der Waals surface area contributed by atoms with Gasteiger partial charge in [0.15, 0.2) is 5.76 Å². The second-order valence-electron chi connectivity index (χ2n) is 2.95. The summed E-state index contributed by atoms with van der Waals surface area (Å²) in [7, 11) is 0. The Balaban J connectivity index is 2.85. The number of aliphatic carboxylic acids is 1. The molecule has 0 bridgehead atoms. The average molecular weight is 182 g/mol. The van der Waals surface area contributed by atoms with Gasteiger partial charge in [-0.15, -0.1) is 0 Å². The average Bonchev–Trinajstić information content (AvgIpc) is 2.08. The minimum absolute atomic E-state index is 0.374. The van der Waals surface area contributed by atoms with Gasteiger partial charge in [0.1, 0.15) is 0 Å². The highest BCUT2D eigenvalue weighted by Gasteiger charge is 2.30. The molecule has 0 aromatic carbocycles. The maximum Gasteiger partial charge on any atom is 0.307 e. The standard InChI is InChI=1S/C9H10O4/c1-5(9(12)13)6-3-2-4-7(10)8(6)11/h2-6,10H,1H3,(H,12,13). The highest BCUT2D eigenvalue weighted by atomic mass is 16.4. The molecule has 0 fully saturated rings. The van der Waals surface area contributed by atoms with Gasteiger partial charge in [-0.05, 0) is 6.08 Å². The van der Waals surface area contributed by atoms with E-state index in [0.717, 1.165) is 0 Å². The molecule has 0 heterocycles. The van der Waals surface area contributed by atoms with Gasteiger partial charge in [0.2, 0.25) is 5.78 Å². The lowest BCUT2D eigenvalue weighted by Gasteiger charge is -2.17. The Bertz CT molecular complexity index is 301. The molecule has 2 N–H and O–H groups in total. The summed E-state index contributed by atoms with van der Waals surface area (Å²) in [5.41, 5.74) is 0. The van der Waals surface area contributed by atoms with Gasteiger partial charge in [-0.3, -0.25) is 9.59 Å². The first-order valence-corrected chi connectivity index (χ1v) is 3.88. The van der Waals surface area contributed by atoms with Crippen LogP contribution in [-0.4, -0.2) is 22.0 Å². The zero-order valence-corrected chi connectivity index (χ0v) is 7.10. The van der Waals surface area contributed by atoms with Crippen molar-refractivity contribution in [2.24, 2.45) is 11.8 Å². The molecule has 2 unspecified atom stereocenters. The van der Waals surface area contributed by atoms with Crippen molar-refractivity contribution in [3.8, 4) is 0 Å². The lowest BCUT2D eigenvalue weighted by atomic mass is 9.86. The molecular formula is C9H10O4. The van der Waals surface area contributed by atoms with E-state index < -0.39 is 23.6 Å². The van der Waals surface area contributed by atoms with Crippen molar-refractivity contribution < 1.29 is 19.8 Å². The summed E-state index contributed by atoms with van der Waals surface area (Å²) in [6.07, 6.45) is 4.23. The predicted molar refractivity (Wildman–Crippen MR) is 45.1 cm³/mol. The number of carbonyl (C=O) groups excluding carboxylic acids is 1. The lowest BCUT2D eigenvalue weighted by molar-refractivity contribution is -0.144. The zero-order chi connectivity index (χ0) is 10.0. The molecule has 4 heteroatoms. The van der Waals surface area contributed by atoms with Gasteiger partial charge in [0.05, 0.1) is 11.8 Å². The summed E-state index contributed by atoms with van der Waals surface area (Å²) in [5, 5.41) is 17.7. The number of carboxylic acid groups (broad SMARTS) is 1. The fourth-order valence-corrected chi connectivity index (χ4v) is 1.15. The van der Waals surface area contributed by atoms with Gasteiger partial charge in [0, 0.05) is 0 Å².